The Hall–Kier alpha value is -2.66. The molecular formula is C22H27N3O2. The minimum atomic E-state index is -0.163. The molecule has 1 saturated heterocycles. The van der Waals surface area contributed by atoms with Gasteiger partial charge in [0.2, 0.25) is 0 Å². The summed E-state index contributed by atoms with van der Waals surface area (Å²) in [6.07, 6.45) is 3.53. The van der Waals surface area contributed by atoms with Gasteiger partial charge in [0.1, 0.15) is 0 Å². The number of likely N-dealkylation sites (tertiary alicyclic amines) is 1. The summed E-state index contributed by atoms with van der Waals surface area (Å²) in [7, 11) is 0. The second kappa shape index (κ2) is 9.33. The van der Waals surface area contributed by atoms with E-state index in [4.69, 9.17) is 0 Å². The molecule has 5 heteroatoms. The molecule has 142 valence electrons. The van der Waals surface area contributed by atoms with Crippen LogP contribution >= 0.6 is 0 Å². The summed E-state index contributed by atoms with van der Waals surface area (Å²) in [6.45, 7) is 5.09. The Balaban J connectivity index is 1.53. The first-order valence-electron chi connectivity index (χ1n) is 9.66. The van der Waals surface area contributed by atoms with E-state index in [9.17, 15) is 9.59 Å². The maximum Gasteiger partial charge on any atom is 0.255 e. The van der Waals surface area contributed by atoms with Crippen molar-refractivity contribution in [2.75, 3.05) is 25.0 Å². The molecule has 1 heterocycles. The van der Waals surface area contributed by atoms with Gasteiger partial charge in [-0.3, -0.25) is 14.5 Å². The number of anilines is 1. The third-order valence-corrected chi connectivity index (χ3v) is 5.07. The molecule has 1 aliphatic rings. The summed E-state index contributed by atoms with van der Waals surface area (Å²) in [5.41, 5.74) is 1.87. The van der Waals surface area contributed by atoms with E-state index in [1.165, 1.54) is 12.8 Å². The lowest BCUT2D eigenvalue weighted by molar-refractivity contribution is 0.0936. The maximum absolute atomic E-state index is 12.4. The highest BCUT2D eigenvalue weighted by Gasteiger charge is 2.21. The van der Waals surface area contributed by atoms with Crippen LogP contribution < -0.4 is 10.6 Å². The zero-order valence-corrected chi connectivity index (χ0v) is 15.8. The minimum Gasteiger partial charge on any atom is -0.350 e. The van der Waals surface area contributed by atoms with Crippen molar-refractivity contribution >= 4 is 17.5 Å². The van der Waals surface area contributed by atoms with Crippen molar-refractivity contribution in [2.45, 2.75) is 32.2 Å². The van der Waals surface area contributed by atoms with Crippen LogP contribution in [0.2, 0.25) is 0 Å². The van der Waals surface area contributed by atoms with E-state index in [1.54, 1.807) is 36.4 Å². The number of carbonyl (C=O) groups excluding carboxylic acids is 2. The van der Waals surface area contributed by atoms with E-state index in [-0.39, 0.29) is 11.8 Å². The van der Waals surface area contributed by atoms with Crippen LogP contribution in [0.3, 0.4) is 0 Å². The summed E-state index contributed by atoms with van der Waals surface area (Å²) in [6, 6.07) is 16.5. The second-order valence-corrected chi connectivity index (χ2v) is 6.91. The SMILES string of the molecule is CCC(CNC(=O)c1ccc(NC(=O)c2ccccc2)cc1)N1CCCC1. The van der Waals surface area contributed by atoms with E-state index in [0.29, 0.717) is 29.4 Å². The Bertz CT molecular complexity index is 753. The van der Waals surface area contributed by atoms with Crippen molar-refractivity contribution < 1.29 is 9.59 Å². The fraction of sp³-hybridized carbons (Fsp3) is 0.364. The number of nitrogens with zero attached hydrogens (tertiary/aromatic N) is 1. The smallest absolute Gasteiger partial charge is 0.255 e. The predicted octanol–water partition coefficient (Wildman–Crippen LogP) is 3.54. The highest BCUT2D eigenvalue weighted by atomic mass is 16.2. The van der Waals surface area contributed by atoms with Gasteiger partial charge < -0.3 is 10.6 Å². The molecule has 1 fully saturated rings. The lowest BCUT2D eigenvalue weighted by Gasteiger charge is -2.26. The highest BCUT2D eigenvalue weighted by molar-refractivity contribution is 6.04. The van der Waals surface area contributed by atoms with Crippen LogP contribution in [0.25, 0.3) is 0 Å². The van der Waals surface area contributed by atoms with Crippen LogP contribution in [0.15, 0.2) is 54.6 Å². The van der Waals surface area contributed by atoms with Crippen LogP contribution in [0.4, 0.5) is 5.69 Å². The topological polar surface area (TPSA) is 61.4 Å². The van der Waals surface area contributed by atoms with Crippen molar-refractivity contribution in [3.8, 4) is 0 Å². The van der Waals surface area contributed by atoms with E-state index in [0.717, 1.165) is 19.5 Å². The molecule has 1 unspecified atom stereocenters. The van der Waals surface area contributed by atoms with Gasteiger partial charge in [0.05, 0.1) is 0 Å². The molecule has 2 aromatic rings. The first-order chi connectivity index (χ1) is 13.2. The summed E-state index contributed by atoms with van der Waals surface area (Å²) < 4.78 is 0. The first-order valence-corrected chi connectivity index (χ1v) is 9.66. The molecule has 2 amide bonds. The van der Waals surface area contributed by atoms with E-state index in [1.807, 2.05) is 18.2 Å². The lowest BCUT2D eigenvalue weighted by Crippen LogP contribution is -2.42. The molecule has 0 spiro atoms. The number of hydrogen-bond donors (Lipinski definition) is 2. The van der Waals surface area contributed by atoms with Crippen LogP contribution in [-0.4, -0.2) is 42.4 Å². The van der Waals surface area contributed by atoms with E-state index >= 15 is 0 Å². The molecule has 3 rings (SSSR count). The van der Waals surface area contributed by atoms with Crippen LogP contribution in [0.1, 0.15) is 46.9 Å². The molecule has 5 nitrogen and oxygen atoms in total. The molecule has 1 atom stereocenters. The fourth-order valence-corrected chi connectivity index (χ4v) is 3.45. The second-order valence-electron chi connectivity index (χ2n) is 6.91. The van der Waals surface area contributed by atoms with Crippen LogP contribution in [0.5, 0.6) is 0 Å². The van der Waals surface area contributed by atoms with Gasteiger partial charge in [-0.1, -0.05) is 25.1 Å². The van der Waals surface area contributed by atoms with Crippen LogP contribution in [-0.2, 0) is 0 Å². The Morgan fingerprint density at radius 2 is 1.56 bits per heavy atom. The molecule has 0 radical (unpaired) electrons. The van der Waals surface area contributed by atoms with Crippen molar-refractivity contribution in [2.24, 2.45) is 0 Å². The van der Waals surface area contributed by atoms with Gasteiger partial charge >= 0.3 is 0 Å². The van der Waals surface area contributed by atoms with Crippen molar-refractivity contribution in [3.63, 3.8) is 0 Å². The molecule has 0 aliphatic carbocycles. The third kappa shape index (κ3) is 5.17. The number of rotatable bonds is 7. The zero-order valence-electron chi connectivity index (χ0n) is 15.8. The summed E-state index contributed by atoms with van der Waals surface area (Å²) in [4.78, 5) is 27.1. The summed E-state index contributed by atoms with van der Waals surface area (Å²) in [5, 5.41) is 5.89. The molecular weight excluding hydrogens is 338 g/mol. The van der Waals surface area contributed by atoms with Gasteiger partial charge in [0, 0.05) is 29.4 Å². The number of nitrogens with one attached hydrogen (secondary N) is 2. The number of amides is 2. The monoisotopic (exact) mass is 365 g/mol. The van der Waals surface area contributed by atoms with E-state index in [2.05, 4.69) is 22.5 Å². The highest BCUT2D eigenvalue weighted by Crippen LogP contribution is 2.14. The summed E-state index contributed by atoms with van der Waals surface area (Å²) >= 11 is 0. The standard InChI is InChI=1S/C22H27N3O2/c1-2-20(25-14-6-7-15-25)16-23-21(26)18-10-12-19(13-11-18)24-22(27)17-8-4-3-5-9-17/h3-5,8-13,20H,2,6-7,14-16H2,1H3,(H,23,26)(H,24,27). The number of benzene rings is 2. The Kier molecular flexibility index (Phi) is 6.60. The molecule has 0 aromatic heterocycles. The average Bonchev–Trinajstić information content (AvgIpc) is 3.24. The van der Waals surface area contributed by atoms with Crippen molar-refractivity contribution in [1.82, 2.24) is 10.2 Å². The van der Waals surface area contributed by atoms with Gasteiger partial charge in [0.15, 0.2) is 0 Å². The molecule has 1 aliphatic heterocycles. The number of hydrogen-bond acceptors (Lipinski definition) is 3. The molecule has 0 saturated carbocycles. The molecule has 27 heavy (non-hydrogen) atoms. The van der Waals surface area contributed by atoms with Crippen LogP contribution in [0, 0.1) is 0 Å². The molecule has 2 N–H and O–H groups in total. The van der Waals surface area contributed by atoms with Gasteiger partial charge in [-0.2, -0.15) is 0 Å². The number of carbonyl (C=O) groups is 2. The fourth-order valence-electron chi connectivity index (χ4n) is 3.45. The largest absolute Gasteiger partial charge is 0.350 e. The van der Waals surface area contributed by atoms with Gasteiger partial charge in [-0.15, -0.1) is 0 Å². The van der Waals surface area contributed by atoms with E-state index < -0.39 is 0 Å². The van der Waals surface area contributed by atoms with Crippen molar-refractivity contribution in [1.29, 1.82) is 0 Å². The quantitative estimate of drug-likeness (QED) is 0.789. The normalized spacial score (nSPS) is 15.3. The maximum atomic E-state index is 12.4. The average molecular weight is 365 g/mol. The molecule has 0 bridgehead atoms. The predicted molar refractivity (Wildman–Crippen MR) is 108 cm³/mol. The van der Waals surface area contributed by atoms with Gasteiger partial charge in [-0.05, 0) is 68.8 Å². The Morgan fingerprint density at radius 1 is 0.926 bits per heavy atom. The lowest BCUT2D eigenvalue weighted by atomic mass is 10.1. The minimum absolute atomic E-state index is 0.0754. The van der Waals surface area contributed by atoms with Crippen molar-refractivity contribution in [3.05, 3.63) is 65.7 Å². The first kappa shape index (κ1) is 19.1. The zero-order chi connectivity index (χ0) is 19.1. The Labute approximate surface area is 160 Å². The Morgan fingerprint density at radius 3 is 2.19 bits per heavy atom. The van der Waals surface area contributed by atoms with Gasteiger partial charge in [0.25, 0.3) is 11.8 Å². The summed E-state index contributed by atoms with van der Waals surface area (Å²) in [5.74, 6) is -0.238. The van der Waals surface area contributed by atoms with Gasteiger partial charge in [-0.25, -0.2) is 0 Å². The molecule has 2 aromatic carbocycles. The third-order valence-electron chi connectivity index (χ3n) is 5.07.